The first-order valence-electron chi connectivity index (χ1n) is 6.18. The fourth-order valence-corrected chi connectivity index (χ4v) is 1.63. The second-order valence-electron chi connectivity index (χ2n) is 4.41. The molecule has 0 aliphatic rings. The van der Waals surface area contributed by atoms with Crippen molar-refractivity contribution in [1.29, 1.82) is 0 Å². The molecule has 0 radical (unpaired) electrons. The molecule has 0 saturated heterocycles. The summed E-state index contributed by atoms with van der Waals surface area (Å²) in [6, 6.07) is 9.09. The molecule has 1 N–H and O–H groups in total. The number of hydrogen-bond acceptors (Lipinski definition) is 2. The topological polar surface area (TPSA) is 49.4 Å². The molecule has 0 bridgehead atoms. The highest BCUT2D eigenvalue weighted by atomic mass is 16.2. The molecule has 1 aromatic carbocycles. The Hall–Kier alpha value is -1.84. The molecule has 0 saturated carbocycles. The molecule has 0 atom stereocenters. The summed E-state index contributed by atoms with van der Waals surface area (Å²) in [5.41, 5.74) is 0.608. The van der Waals surface area contributed by atoms with Crippen LogP contribution in [-0.2, 0) is 4.79 Å². The highest BCUT2D eigenvalue weighted by Gasteiger charge is 2.17. The highest BCUT2D eigenvalue weighted by molar-refractivity contribution is 5.96. The van der Waals surface area contributed by atoms with Crippen molar-refractivity contribution in [2.45, 2.75) is 26.8 Å². The molecule has 18 heavy (non-hydrogen) atoms. The van der Waals surface area contributed by atoms with Crippen molar-refractivity contribution >= 4 is 11.8 Å². The van der Waals surface area contributed by atoms with Crippen LogP contribution in [0.25, 0.3) is 0 Å². The van der Waals surface area contributed by atoms with E-state index in [2.05, 4.69) is 5.32 Å². The number of nitrogens with one attached hydrogen (secondary N) is 1. The lowest BCUT2D eigenvalue weighted by Crippen LogP contribution is -2.42. The number of benzene rings is 1. The van der Waals surface area contributed by atoms with Crippen LogP contribution in [0.3, 0.4) is 0 Å². The van der Waals surface area contributed by atoms with Crippen molar-refractivity contribution in [3.05, 3.63) is 35.9 Å². The van der Waals surface area contributed by atoms with E-state index in [4.69, 9.17) is 0 Å². The number of nitrogens with zero attached hydrogens (tertiary/aromatic N) is 1. The fraction of sp³-hybridized carbons (Fsp3) is 0.429. The zero-order valence-corrected chi connectivity index (χ0v) is 11.1. The van der Waals surface area contributed by atoms with Gasteiger partial charge in [-0.1, -0.05) is 18.2 Å². The van der Waals surface area contributed by atoms with E-state index in [1.165, 1.54) is 4.90 Å². The van der Waals surface area contributed by atoms with Crippen LogP contribution in [0.2, 0.25) is 0 Å². The van der Waals surface area contributed by atoms with Crippen LogP contribution in [0.4, 0.5) is 0 Å². The number of rotatable bonds is 5. The Labute approximate surface area is 108 Å². The van der Waals surface area contributed by atoms with Crippen LogP contribution in [0.15, 0.2) is 30.3 Å². The molecule has 0 heterocycles. The van der Waals surface area contributed by atoms with Crippen molar-refractivity contribution < 1.29 is 9.59 Å². The highest BCUT2D eigenvalue weighted by Crippen LogP contribution is 2.04. The predicted octanol–water partition coefficient (Wildman–Crippen LogP) is 1.67. The summed E-state index contributed by atoms with van der Waals surface area (Å²) < 4.78 is 0. The normalized spacial score (nSPS) is 10.2. The molecule has 4 heteroatoms. The number of carbonyl (C=O) groups excluding carboxylic acids is 2. The van der Waals surface area contributed by atoms with E-state index in [9.17, 15) is 9.59 Å². The number of amides is 2. The molecule has 98 valence electrons. The Balaban J connectivity index is 2.67. The Morgan fingerprint density at radius 3 is 2.33 bits per heavy atom. The Bertz CT molecular complexity index is 402. The molecular weight excluding hydrogens is 228 g/mol. The monoisotopic (exact) mass is 248 g/mol. The van der Waals surface area contributed by atoms with Gasteiger partial charge in [-0.25, -0.2) is 0 Å². The predicted molar refractivity (Wildman–Crippen MR) is 71.3 cm³/mol. The molecule has 0 fully saturated rings. The zero-order valence-electron chi connectivity index (χ0n) is 11.1. The summed E-state index contributed by atoms with van der Waals surface area (Å²) in [4.78, 5) is 25.3. The third kappa shape index (κ3) is 4.20. The van der Waals surface area contributed by atoms with Crippen LogP contribution >= 0.6 is 0 Å². The molecule has 2 amide bonds. The molecule has 0 aliphatic heterocycles. The van der Waals surface area contributed by atoms with E-state index in [0.717, 1.165) is 0 Å². The number of hydrogen-bond donors (Lipinski definition) is 1. The van der Waals surface area contributed by atoms with Crippen LogP contribution in [-0.4, -0.2) is 35.8 Å². The molecule has 1 rings (SSSR count). The molecular formula is C14H20N2O2. The van der Waals surface area contributed by atoms with Crippen molar-refractivity contribution in [2.24, 2.45) is 0 Å². The second kappa shape index (κ2) is 6.79. The fourth-order valence-electron chi connectivity index (χ4n) is 1.63. The minimum absolute atomic E-state index is 0.0861. The van der Waals surface area contributed by atoms with Crippen molar-refractivity contribution in [2.75, 3.05) is 13.1 Å². The van der Waals surface area contributed by atoms with Gasteiger partial charge in [0.2, 0.25) is 5.91 Å². The van der Waals surface area contributed by atoms with E-state index < -0.39 is 0 Å². The van der Waals surface area contributed by atoms with Crippen LogP contribution < -0.4 is 5.32 Å². The summed E-state index contributed by atoms with van der Waals surface area (Å²) in [6.07, 6.45) is 0. The largest absolute Gasteiger partial charge is 0.352 e. The minimum Gasteiger partial charge on any atom is -0.352 e. The van der Waals surface area contributed by atoms with Gasteiger partial charge in [0.15, 0.2) is 0 Å². The molecule has 0 aromatic heterocycles. The van der Waals surface area contributed by atoms with Gasteiger partial charge in [-0.3, -0.25) is 9.59 Å². The van der Waals surface area contributed by atoms with E-state index >= 15 is 0 Å². The van der Waals surface area contributed by atoms with E-state index in [0.29, 0.717) is 12.1 Å². The van der Waals surface area contributed by atoms with Gasteiger partial charge in [-0.15, -0.1) is 0 Å². The minimum atomic E-state index is -0.129. The van der Waals surface area contributed by atoms with Crippen molar-refractivity contribution in [3.63, 3.8) is 0 Å². The Kier molecular flexibility index (Phi) is 5.36. The smallest absolute Gasteiger partial charge is 0.254 e. The van der Waals surface area contributed by atoms with Gasteiger partial charge in [-0.2, -0.15) is 0 Å². The Morgan fingerprint density at radius 2 is 1.83 bits per heavy atom. The summed E-state index contributed by atoms with van der Waals surface area (Å²) in [5, 5.41) is 2.78. The lowest BCUT2D eigenvalue weighted by Gasteiger charge is -2.21. The first-order valence-corrected chi connectivity index (χ1v) is 6.18. The molecule has 0 spiro atoms. The quantitative estimate of drug-likeness (QED) is 0.861. The van der Waals surface area contributed by atoms with Gasteiger partial charge in [-0.05, 0) is 32.9 Å². The summed E-state index contributed by atoms with van der Waals surface area (Å²) in [7, 11) is 0. The van der Waals surface area contributed by atoms with Gasteiger partial charge in [0.25, 0.3) is 5.91 Å². The third-order valence-corrected chi connectivity index (χ3v) is 2.47. The zero-order chi connectivity index (χ0) is 13.5. The summed E-state index contributed by atoms with van der Waals surface area (Å²) in [5.74, 6) is -0.242. The first-order chi connectivity index (χ1) is 8.54. The number of likely N-dealkylation sites (N-methyl/N-ethyl adjacent to an activating group) is 1. The van der Waals surface area contributed by atoms with E-state index in [1.54, 1.807) is 12.1 Å². The first kappa shape index (κ1) is 14.2. The third-order valence-electron chi connectivity index (χ3n) is 2.47. The van der Waals surface area contributed by atoms with Crippen molar-refractivity contribution in [1.82, 2.24) is 10.2 Å². The van der Waals surface area contributed by atoms with Crippen LogP contribution in [0, 0.1) is 0 Å². The lowest BCUT2D eigenvalue weighted by atomic mass is 10.2. The lowest BCUT2D eigenvalue weighted by molar-refractivity contribution is -0.122. The summed E-state index contributed by atoms with van der Waals surface area (Å²) in [6.45, 7) is 6.27. The molecule has 4 nitrogen and oxygen atoms in total. The molecule has 0 aliphatic carbocycles. The standard InChI is InChI=1S/C14H20N2O2/c1-4-16(10-13(17)15-11(2)3)14(18)12-8-6-5-7-9-12/h5-9,11H,4,10H2,1-3H3,(H,15,17). The van der Waals surface area contributed by atoms with E-state index in [-0.39, 0.29) is 24.4 Å². The average molecular weight is 248 g/mol. The maximum Gasteiger partial charge on any atom is 0.254 e. The maximum atomic E-state index is 12.1. The summed E-state index contributed by atoms with van der Waals surface area (Å²) >= 11 is 0. The van der Waals surface area contributed by atoms with Crippen molar-refractivity contribution in [3.8, 4) is 0 Å². The molecule has 0 unspecified atom stereocenters. The maximum absolute atomic E-state index is 12.1. The van der Waals surface area contributed by atoms with Gasteiger partial charge in [0.05, 0.1) is 6.54 Å². The van der Waals surface area contributed by atoms with Gasteiger partial charge in [0, 0.05) is 18.2 Å². The van der Waals surface area contributed by atoms with Gasteiger partial charge >= 0.3 is 0 Å². The van der Waals surface area contributed by atoms with E-state index in [1.807, 2.05) is 39.0 Å². The number of carbonyl (C=O) groups is 2. The van der Waals surface area contributed by atoms with Gasteiger partial charge < -0.3 is 10.2 Å². The van der Waals surface area contributed by atoms with Crippen LogP contribution in [0.1, 0.15) is 31.1 Å². The SMILES string of the molecule is CCN(CC(=O)NC(C)C)C(=O)c1ccccc1. The van der Waals surface area contributed by atoms with Crippen LogP contribution in [0.5, 0.6) is 0 Å². The Morgan fingerprint density at radius 1 is 1.22 bits per heavy atom. The second-order valence-corrected chi connectivity index (χ2v) is 4.41. The molecule has 1 aromatic rings. The van der Waals surface area contributed by atoms with Gasteiger partial charge in [0.1, 0.15) is 0 Å². The average Bonchev–Trinajstić information content (AvgIpc) is 2.35.